The summed E-state index contributed by atoms with van der Waals surface area (Å²) in [5.74, 6) is -1.59. The highest BCUT2D eigenvalue weighted by atomic mass is 16.4. The third-order valence-corrected chi connectivity index (χ3v) is 3.92. The number of para-hydroxylation sites is 1. The Morgan fingerprint density at radius 3 is 2.50 bits per heavy atom. The lowest BCUT2D eigenvalue weighted by molar-refractivity contribution is -0.139. The van der Waals surface area contributed by atoms with Gasteiger partial charge in [0.1, 0.15) is 11.7 Å². The van der Waals surface area contributed by atoms with Gasteiger partial charge in [0.25, 0.3) is 5.91 Å². The summed E-state index contributed by atoms with van der Waals surface area (Å²) in [7, 11) is 0. The molecule has 0 spiro atoms. The number of nitrogens with zero attached hydrogens (tertiary/aromatic N) is 1. The van der Waals surface area contributed by atoms with E-state index in [1.165, 1.54) is 0 Å². The SMILES string of the molecule is O=C(N[C@@H](C/C=C/c1ccccc1)C(=O)O)c1ccc2ccccc2n1. The van der Waals surface area contributed by atoms with Gasteiger partial charge in [-0.3, -0.25) is 4.79 Å². The van der Waals surface area contributed by atoms with E-state index in [9.17, 15) is 14.7 Å². The number of benzene rings is 2. The summed E-state index contributed by atoms with van der Waals surface area (Å²) in [6, 6.07) is 19.4. The van der Waals surface area contributed by atoms with Crippen LogP contribution >= 0.6 is 0 Å². The quantitative estimate of drug-likeness (QED) is 0.716. The molecule has 1 heterocycles. The first-order chi connectivity index (χ1) is 12.6. The number of hydrogen-bond acceptors (Lipinski definition) is 3. The van der Waals surface area contributed by atoms with Gasteiger partial charge in [0.05, 0.1) is 5.52 Å². The minimum atomic E-state index is -1.09. The molecule has 130 valence electrons. The summed E-state index contributed by atoms with van der Waals surface area (Å²) in [4.78, 5) is 28.1. The number of carbonyl (C=O) groups is 2. The first kappa shape index (κ1) is 17.4. The summed E-state index contributed by atoms with van der Waals surface area (Å²) in [5.41, 5.74) is 1.86. The van der Waals surface area contributed by atoms with Crippen LogP contribution in [-0.4, -0.2) is 28.0 Å². The van der Waals surface area contributed by atoms with Gasteiger partial charge in [0, 0.05) is 5.39 Å². The molecule has 1 aromatic heterocycles. The number of rotatable bonds is 6. The maximum Gasteiger partial charge on any atom is 0.326 e. The summed E-state index contributed by atoms with van der Waals surface area (Å²) < 4.78 is 0. The third-order valence-electron chi connectivity index (χ3n) is 3.92. The second kappa shape index (κ2) is 8.07. The summed E-state index contributed by atoms with van der Waals surface area (Å²) in [6.07, 6.45) is 3.75. The van der Waals surface area contributed by atoms with E-state index in [0.717, 1.165) is 10.9 Å². The molecule has 5 heteroatoms. The van der Waals surface area contributed by atoms with Crippen LogP contribution in [0.1, 0.15) is 22.5 Å². The van der Waals surface area contributed by atoms with Crippen molar-refractivity contribution in [2.75, 3.05) is 0 Å². The predicted octanol–water partition coefficient (Wildman–Crippen LogP) is 3.52. The van der Waals surface area contributed by atoms with Crippen molar-refractivity contribution >= 4 is 28.9 Å². The van der Waals surface area contributed by atoms with E-state index in [1.54, 1.807) is 18.2 Å². The molecule has 0 aliphatic rings. The molecule has 3 aromatic rings. The molecule has 26 heavy (non-hydrogen) atoms. The maximum absolute atomic E-state index is 12.4. The van der Waals surface area contributed by atoms with Gasteiger partial charge in [-0.25, -0.2) is 9.78 Å². The summed E-state index contributed by atoms with van der Waals surface area (Å²) in [5, 5.41) is 12.8. The monoisotopic (exact) mass is 346 g/mol. The second-order valence-corrected chi connectivity index (χ2v) is 5.80. The van der Waals surface area contributed by atoms with Crippen LogP contribution in [0.2, 0.25) is 0 Å². The number of amides is 1. The number of pyridine rings is 1. The van der Waals surface area contributed by atoms with Crippen LogP contribution in [0, 0.1) is 0 Å². The fourth-order valence-corrected chi connectivity index (χ4v) is 2.55. The van der Waals surface area contributed by atoms with Gasteiger partial charge < -0.3 is 10.4 Å². The Morgan fingerprint density at radius 2 is 1.73 bits per heavy atom. The molecular weight excluding hydrogens is 328 g/mol. The zero-order chi connectivity index (χ0) is 18.4. The molecule has 0 saturated heterocycles. The standard InChI is InChI=1S/C21H18N2O3/c24-20(18-14-13-16-10-4-5-11-17(16)22-18)23-19(21(25)26)12-6-9-15-7-2-1-3-8-15/h1-11,13-14,19H,12H2,(H,23,24)(H,25,26)/b9-6+/t19-/m0/s1. The zero-order valence-corrected chi connectivity index (χ0v) is 14.0. The maximum atomic E-state index is 12.4. The number of carboxylic acids is 1. The molecule has 0 bridgehead atoms. The first-order valence-corrected chi connectivity index (χ1v) is 8.24. The van der Waals surface area contributed by atoms with Crippen LogP contribution in [-0.2, 0) is 4.79 Å². The minimum absolute atomic E-state index is 0.184. The van der Waals surface area contributed by atoms with Gasteiger partial charge in [-0.1, -0.05) is 66.7 Å². The van der Waals surface area contributed by atoms with Gasteiger partial charge in [0.15, 0.2) is 0 Å². The number of carbonyl (C=O) groups excluding carboxylic acids is 1. The molecule has 1 atom stereocenters. The van der Waals surface area contributed by atoms with Crippen molar-refractivity contribution in [1.82, 2.24) is 10.3 Å². The molecule has 0 saturated carbocycles. The second-order valence-electron chi connectivity index (χ2n) is 5.80. The number of nitrogens with one attached hydrogen (secondary N) is 1. The predicted molar refractivity (Wildman–Crippen MR) is 101 cm³/mol. The van der Waals surface area contributed by atoms with Crippen LogP contribution in [0.5, 0.6) is 0 Å². The minimum Gasteiger partial charge on any atom is -0.480 e. The largest absolute Gasteiger partial charge is 0.480 e. The smallest absolute Gasteiger partial charge is 0.326 e. The molecule has 2 N–H and O–H groups in total. The molecule has 2 aromatic carbocycles. The van der Waals surface area contributed by atoms with E-state index >= 15 is 0 Å². The average molecular weight is 346 g/mol. The molecule has 3 rings (SSSR count). The van der Waals surface area contributed by atoms with Crippen molar-refractivity contribution in [2.45, 2.75) is 12.5 Å². The molecule has 5 nitrogen and oxygen atoms in total. The van der Waals surface area contributed by atoms with Crippen molar-refractivity contribution in [3.63, 3.8) is 0 Å². The van der Waals surface area contributed by atoms with Gasteiger partial charge in [-0.05, 0) is 24.1 Å². The van der Waals surface area contributed by atoms with Crippen LogP contribution in [0.15, 0.2) is 72.8 Å². The lowest BCUT2D eigenvalue weighted by atomic mass is 10.1. The van der Waals surface area contributed by atoms with Gasteiger partial charge >= 0.3 is 5.97 Å². The molecule has 0 aliphatic carbocycles. The highest BCUT2D eigenvalue weighted by Gasteiger charge is 2.20. The van der Waals surface area contributed by atoms with Crippen molar-refractivity contribution < 1.29 is 14.7 Å². The Kier molecular flexibility index (Phi) is 5.39. The topological polar surface area (TPSA) is 79.3 Å². The number of fused-ring (bicyclic) bond motifs is 1. The van der Waals surface area contributed by atoms with Gasteiger partial charge in [0.2, 0.25) is 0 Å². The Hall–Kier alpha value is -3.47. The molecular formula is C21H18N2O3. The molecule has 0 aliphatic heterocycles. The van der Waals surface area contributed by atoms with E-state index in [1.807, 2.05) is 60.7 Å². The van der Waals surface area contributed by atoms with Gasteiger partial charge in [-0.15, -0.1) is 0 Å². The van der Waals surface area contributed by atoms with Gasteiger partial charge in [-0.2, -0.15) is 0 Å². The van der Waals surface area contributed by atoms with E-state index < -0.39 is 17.9 Å². The normalized spacial score (nSPS) is 12.2. The van der Waals surface area contributed by atoms with Crippen molar-refractivity contribution in [3.8, 4) is 0 Å². The van der Waals surface area contributed by atoms with Crippen molar-refractivity contribution in [1.29, 1.82) is 0 Å². The fourth-order valence-electron chi connectivity index (χ4n) is 2.55. The Labute approximate surface area is 151 Å². The number of aliphatic carboxylic acids is 1. The number of aromatic nitrogens is 1. The number of carboxylic acid groups (broad SMARTS) is 1. The van der Waals surface area contributed by atoms with E-state index in [0.29, 0.717) is 5.52 Å². The van der Waals surface area contributed by atoms with Crippen LogP contribution < -0.4 is 5.32 Å². The number of hydrogen-bond donors (Lipinski definition) is 2. The Morgan fingerprint density at radius 1 is 1.00 bits per heavy atom. The molecule has 0 radical (unpaired) electrons. The highest BCUT2D eigenvalue weighted by molar-refractivity contribution is 5.97. The summed E-state index contributed by atoms with van der Waals surface area (Å²) in [6.45, 7) is 0. The average Bonchev–Trinajstić information content (AvgIpc) is 2.67. The fraction of sp³-hybridized carbons (Fsp3) is 0.0952. The third kappa shape index (κ3) is 4.33. The van der Waals surface area contributed by atoms with Crippen LogP contribution in [0.3, 0.4) is 0 Å². The molecule has 0 fully saturated rings. The Balaban J connectivity index is 1.69. The lowest BCUT2D eigenvalue weighted by Gasteiger charge is -2.12. The van der Waals surface area contributed by atoms with Crippen LogP contribution in [0.25, 0.3) is 17.0 Å². The zero-order valence-electron chi connectivity index (χ0n) is 14.0. The molecule has 0 unspecified atom stereocenters. The van der Waals surface area contributed by atoms with Crippen molar-refractivity contribution in [2.24, 2.45) is 0 Å². The molecule has 1 amide bonds. The Bertz CT molecular complexity index is 952. The first-order valence-electron chi connectivity index (χ1n) is 8.24. The van der Waals surface area contributed by atoms with E-state index in [2.05, 4.69) is 10.3 Å². The highest BCUT2D eigenvalue weighted by Crippen LogP contribution is 2.12. The van der Waals surface area contributed by atoms with Crippen LogP contribution in [0.4, 0.5) is 0 Å². The van der Waals surface area contributed by atoms with E-state index in [4.69, 9.17) is 0 Å². The van der Waals surface area contributed by atoms with Crippen molar-refractivity contribution in [3.05, 3.63) is 84.1 Å². The lowest BCUT2D eigenvalue weighted by Crippen LogP contribution is -2.40. The summed E-state index contributed by atoms with van der Waals surface area (Å²) >= 11 is 0. The van der Waals surface area contributed by atoms with E-state index in [-0.39, 0.29) is 12.1 Å².